The van der Waals surface area contributed by atoms with E-state index in [0.717, 1.165) is 24.0 Å². The molecule has 0 heterocycles. The monoisotopic (exact) mass is 305 g/mol. The highest BCUT2D eigenvalue weighted by molar-refractivity contribution is 7.99. The molecule has 1 nitrogen and oxygen atoms in total. The van der Waals surface area contributed by atoms with Crippen LogP contribution in [-0.2, 0) is 6.18 Å². The second kappa shape index (κ2) is 7.93. The lowest BCUT2D eigenvalue weighted by Crippen LogP contribution is -2.20. The Morgan fingerprint density at radius 2 is 1.95 bits per heavy atom. The first kappa shape index (κ1) is 17.4. The summed E-state index contributed by atoms with van der Waals surface area (Å²) in [4.78, 5) is 0. The van der Waals surface area contributed by atoms with Gasteiger partial charge in [0.05, 0.1) is 5.56 Å². The van der Waals surface area contributed by atoms with Crippen LogP contribution < -0.4 is 5.32 Å². The van der Waals surface area contributed by atoms with E-state index in [9.17, 15) is 13.2 Å². The molecule has 0 aliphatic heterocycles. The van der Waals surface area contributed by atoms with Gasteiger partial charge in [-0.2, -0.15) is 24.9 Å². The van der Waals surface area contributed by atoms with Crippen molar-refractivity contribution in [3.8, 4) is 0 Å². The molecule has 0 aliphatic carbocycles. The van der Waals surface area contributed by atoms with Crippen molar-refractivity contribution in [2.45, 2.75) is 32.5 Å². The van der Waals surface area contributed by atoms with Gasteiger partial charge in [0.2, 0.25) is 0 Å². The quantitative estimate of drug-likeness (QED) is 0.780. The molecule has 2 atom stereocenters. The lowest BCUT2D eigenvalue weighted by molar-refractivity contribution is -0.137. The number of halogens is 3. The molecular weight excluding hydrogens is 283 g/mol. The minimum atomic E-state index is -4.28. The van der Waals surface area contributed by atoms with E-state index in [-0.39, 0.29) is 6.04 Å². The molecule has 0 aliphatic rings. The molecule has 114 valence electrons. The maximum atomic E-state index is 12.7. The van der Waals surface area contributed by atoms with Gasteiger partial charge in [-0.1, -0.05) is 32.4 Å². The Morgan fingerprint density at radius 1 is 1.25 bits per heavy atom. The van der Waals surface area contributed by atoms with Crippen LogP contribution >= 0.6 is 11.8 Å². The third-order valence-electron chi connectivity index (χ3n) is 3.35. The number of alkyl halides is 3. The zero-order valence-corrected chi connectivity index (χ0v) is 12.9. The summed E-state index contributed by atoms with van der Waals surface area (Å²) in [5.41, 5.74) is 0.112. The first-order valence-electron chi connectivity index (χ1n) is 6.80. The van der Waals surface area contributed by atoms with E-state index in [0.29, 0.717) is 11.5 Å². The number of hydrogen-bond acceptors (Lipinski definition) is 2. The molecule has 0 aromatic heterocycles. The summed E-state index contributed by atoms with van der Waals surface area (Å²) in [6.45, 7) is 4.33. The fraction of sp³-hybridized carbons (Fsp3) is 0.600. The van der Waals surface area contributed by atoms with Crippen molar-refractivity contribution < 1.29 is 13.2 Å². The van der Waals surface area contributed by atoms with Crippen LogP contribution in [0.25, 0.3) is 0 Å². The average molecular weight is 305 g/mol. The van der Waals surface area contributed by atoms with Crippen LogP contribution in [0.1, 0.15) is 37.4 Å². The SMILES string of the molecule is CCC(C)CSCC(NC)c1cccc(C(F)(F)F)c1. The molecule has 5 heteroatoms. The molecule has 0 bridgehead atoms. The van der Waals surface area contributed by atoms with E-state index >= 15 is 0 Å². The minimum absolute atomic E-state index is 0.0497. The van der Waals surface area contributed by atoms with Crippen LogP contribution in [0.4, 0.5) is 13.2 Å². The lowest BCUT2D eigenvalue weighted by atomic mass is 10.1. The van der Waals surface area contributed by atoms with Crippen molar-refractivity contribution in [3.05, 3.63) is 35.4 Å². The smallest absolute Gasteiger partial charge is 0.312 e. The highest BCUT2D eigenvalue weighted by Gasteiger charge is 2.30. The molecule has 2 unspecified atom stereocenters. The standard InChI is InChI=1S/C15H22F3NS/c1-4-11(2)9-20-10-14(19-3)12-6-5-7-13(8-12)15(16,17)18/h5-8,11,14,19H,4,9-10H2,1-3H3. The van der Waals surface area contributed by atoms with E-state index < -0.39 is 11.7 Å². The van der Waals surface area contributed by atoms with Gasteiger partial charge in [0.15, 0.2) is 0 Å². The number of nitrogens with one attached hydrogen (secondary N) is 1. The van der Waals surface area contributed by atoms with Crippen molar-refractivity contribution in [3.63, 3.8) is 0 Å². The molecule has 0 saturated carbocycles. The van der Waals surface area contributed by atoms with Gasteiger partial charge in [0.1, 0.15) is 0 Å². The van der Waals surface area contributed by atoms with Crippen LogP contribution in [0.15, 0.2) is 24.3 Å². The maximum absolute atomic E-state index is 12.7. The third kappa shape index (κ3) is 5.37. The third-order valence-corrected chi connectivity index (χ3v) is 4.72. The van der Waals surface area contributed by atoms with Gasteiger partial charge in [-0.25, -0.2) is 0 Å². The normalized spacial score (nSPS) is 15.1. The Kier molecular flexibility index (Phi) is 6.89. The number of benzene rings is 1. The second-order valence-electron chi connectivity index (χ2n) is 5.02. The Labute approximate surface area is 123 Å². The number of hydrogen-bond donors (Lipinski definition) is 1. The van der Waals surface area contributed by atoms with E-state index in [1.807, 2.05) is 0 Å². The van der Waals surface area contributed by atoms with Gasteiger partial charge in [0, 0.05) is 11.8 Å². The lowest BCUT2D eigenvalue weighted by Gasteiger charge is -2.19. The van der Waals surface area contributed by atoms with Crippen LogP contribution in [0.5, 0.6) is 0 Å². The molecule has 0 spiro atoms. The van der Waals surface area contributed by atoms with Gasteiger partial charge in [-0.15, -0.1) is 0 Å². The Morgan fingerprint density at radius 3 is 2.50 bits per heavy atom. The first-order valence-corrected chi connectivity index (χ1v) is 7.96. The maximum Gasteiger partial charge on any atom is 0.416 e. The fourth-order valence-corrected chi connectivity index (χ4v) is 3.15. The summed E-state index contributed by atoms with van der Waals surface area (Å²) >= 11 is 1.78. The van der Waals surface area contributed by atoms with Crippen molar-refractivity contribution in [1.82, 2.24) is 5.32 Å². The van der Waals surface area contributed by atoms with E-state index in [2.05, 4.69) is 19.2 Å². The van der Waals surface area contributed by atoms with Gasteiger partial charge >= 0.3 is 6.18 Å². The summed E-state index contributed by atoms with van der Waals surface area (Å²) in [5.74, 6) is 2.45. The van der Waals surface area contributed by atoms with Crippen LogP contribution in [-0.4, -0.2) is 18.6 Å². The van der Waals surface area contributed by atoms with Gasteiger partial charge in [-0.05, 0) is 36.4 Å². The molecule has 1 aromatic carbocycles. The largest absolute Gasteiger partial charge is 0.416 e. The van der Waals surface area contributed by atoms with Crippen molar-refractivity contribution in [2.75, 3.05) is 18.6 Å². The van der Waals surface area contributed by atoms with E-state index in [4.69, 9.17) is 0 Å². The van der Waals surface area contributed by atoms with Crippen molar-refractivity contribution in [1.29, 1.82) is 0 Å². The molecular formula is C15H22F3NS. The van der Waals surface area contributed by atoms with Crippen LogP contribution in [0, 0.1) is 5.92 Å². The van der Waals surface area contributed by atoms with E-state index in [1.165, 1.54) is 12.1 Å². The van der Waals surface area contributed by atoms with Gasteiger partial charge in [0.25, 0.3) is 0 Å². The van der Waals surface area contributed by atoms with Crippen LogP contribution in [0.2, 0.25) is 0 Å². The summed E-state index contributed by atoms with van der Waals surface area (Å²) in [6.07, 6.45) is -3.15. The van der Waals surface area contributed by atoms with Crippen LogP contribution in [0.3, 0.4) is 0 Å². The second-order valence-corrected chi connectivity index (χ2v) is 6.09. The Hall–Kier alpha value is -0.680. The average Bonchev–Trinajstić information content (AvgIpc) is 2.42. The predicted molar refractivity (Wildman–Crippen MR) is 80.0 cm³/mol. The van der Waals surface area contributed by atoms with Crippen molar-refractivity contribution in [2.24, 2.45) is 5.92 Å². The molecule has 1 aromatic rings. The molecule has 1 rings (SSSR count). The fourth-order valence-electron chi connectivity index (χ4n) is 1.78. The van der Waals surface area contributed by atoms with E-state index in [1.54, 1.807) is 24.9 Å². The first-order chi connectivity index (χ1) is 9.38. The Bertz CT molecular complexity index is 406. The topological polar surface area (TPSA) is 12.0 Å². The summed E-state index contributed by atoms with van der Waals surface area (Å²) in [7, 11) is 1.79. The molecule has 0 amide bonds. The molecule has 1 N–H and O–H groups in total. The summed E-state index contributed by atoms with van der Waals surface area (Å²) < 4.78 is 38.1. The zero-order valence-electron chi connectivity index (χ0n) is 12.1. The number of rotatable bonds is 7. The molecule has 0 radical (unpaired) electrons. The zero-order chi connectivity index (χ0) is 15.2. The van der Waals surface area contributed by atoms with Crippen molar-refractivity contribution >= 4 is 11.8 Å². The number of thioether (sulfide) groups is 1. The molecule has 20 heavy (non-hydrogen) atoms. The predicted octanol–water partition coefficient (Wildman–Crippen LogP) is 4.75. The van der Waals surface area contributed by atoms with Gasteiger partial charge in [-0.3, -0.25) is 0 Å². The van der Waals surface area contributed by atoms with Gasteiger partial charge < -0.3 is 5.32 Å². The summed E-state index contributed by atoms with van der Waals surface area (Å²) in [6, 6.07) is 5.53. The summed E-state index contributed by atoms with van der Waals surface area (Å²) in [5, 5.41) is 3.10. The minimum Gasteiger partial charge on any atom is -0.312 e. The Balaban J connectivity index is 2.70. The highest BCUT2D eigenvalue weighted by atomic mass is 32.2. The molecule has 0 saturated heterocycles. The molecule has 0 fully saturated rings. The highest BCUT2D eigenvalue weighted by Crippen LogP contribution is 2.31.